The molecule has 3 aliphatic rings. The van der Waals surface area contributed by atoms with Gasteiger partial charge in [0.15, 0.2) is 0 Å². The summed E-state index contributed by atoms with van der Waals surface area (Å²) in [5.74, 6) is -3.47. The van der Waals surface area contributed by atoms with Crippen molar-refractivity contribution in [1.82, 2.24) is 36.1 Å². The van der Waals surface area contributed by atoms with Gasteiger partial charge in [-0.05, 0) is 67.8 Å². The number of ketones is 1. The van der Waals surface area contributed by atoms with Crippen LogP contribution in [0.3, 0.4) is 0 Å². The van der Waals surface area contributed by atoms with Crippen LogP contribution in [0.1, 0.15) is 114 Å². The van der Waals surface area contributed by atoms with Crippen LogP contribution in [0.2, 0.25) is 0 Å². The number of rotatable bonds is 14. The van der Waals surface area contributed by atoms with Crippen molar-refractivity contribution in [2.75, 3.05) is 6.54 Å². The molecule has 4 N–H and O–H groups in total. The van der Waals surface area contributed by atoms with Gasteiger partial charge in [-0.3, -0.25) is 33.8 Å². The van der Waals surface area contributed by atoms with Crippen LogP contribution >= 0.6 is 0 Å². The number of benzene rings is 1. The van der Waals surface area contributed by atoms with Crippen LogP contribution in [-0.2, 0) is 30.5 Å². The highest BCUT2D eigenvalue weighted by Gasteiger charge is 2.52. The third-order valence-corrected chi connectivity index (χ3v) is 11.3. The van der Waals surface area contributed by atoms with Crippen molar-refractivity contribution in [2.24, 2.45) is 23.2 Å². The average molecular weight is 744 g/mol. The van der Waals surface area contributed by atoms with Gasteiger partial charge in [-0.25, -0.2) is 4.98 Å². The molecular formula is C41H57N7O6. The molecule has 1 saturated heterocycles. The fourth-order valence-electron chi connectivity index (χ4n) is 8.36. The second-order valence-corrected chi connectivity index (χ2v) is 16.4. The maximum absolute atomic E-state index is 14.7. The minimum atomic E-state index is -1.05. The average Bonchev–Trinajstić information content (AvgIpc) is 3.77. The zero-order valence-electron chi connectivity index (χ0n) is 32.4. The van der Waals surface area contributed by atoms with Gasteiger partial charge in [-0.15, -0.1) is 0 Å². The van der Waals surface area contributed by atoms with Crippen molar-refractivity contribution in [3.8, 4) is 0 Å². The first kappa shape index (κ1) is 40.5. The van der Waals surface area contributed by atoms with Crippen LogP contribution in [-0.4, -0.2) is 80.9 Å². The number of carbonyl (C=O) groups is 6. The molecule has 2 saturated carbocycles. The van der Waals surface area contributed by atoms with Gasteiger partial charge in [0, 0.05) is 25.5 Å². The Kier molecular flexibility index (Phi) is 13.6. The smallest absolute Gasteiger partial charge is 0.289 e. The van der Waals surface area contributed by atoms with Crippen molar-refractivity contribution < 1.29 is 28.8 Å². The number of hydrogen-bond donors (Lipinski definition) is 4. The monoisotopic (exact) mass is 743 g/mol. The zero-order valence-corrected chi connectivity index (χ0v) is 32.4. The first-order chi connectivity index (χ1) is 25.8. The van der Waals surface area contributed by atoms with Crippen LogP contribution in [0.5, 0.6) is 0 Å². The normalized spacial score (nSPS) is 21.6. The van der Waals surface area contributed by atoms with Crippen molar-refractivity contribution in [3.05, 3.63) is 59.7 Å². The molecule has 0 spiro atoms. The van der Waals surface area contributed by atoms with E-state index >= 15 is 0 Å². The molecule has 3 fully saturated rings. The molecule has 2 unspecified atom stereocenters. The van der Waals surface area contributed by atoms with Crippen molar-refractivity contribution in [1.29, 1.82) is 0 Å². The van der Waals surface area contributed by atoms with Gasteiger partial charge in [0.25, 0.3) is 11.8 Å². The summed E-state index contributed by atoms with van der Waals surface area (Å²) in [7, 11) is 0. The zero-order chi connectivity index (χ0) is 39.0. The van der Waals surface area contributed by atoms with Gasteiger partial charge >= 0.3 is 0 Å². The van der Waals surface area contributed by atoms with Crippen molar-refractivity contribution in [2.45, 2.75) is 130 Å². The van der Waals surface area contributed by atoms with E-state index in [9.17, 15) is 28.8 Å². The van der Waals surface area contributed by atoms with Crippen LogP contribution in [0, 0.1) is 30.1 Å². The highest BCUT2D eigenvalue weighted by molar-refractivity contribution is 6.38. The minimum Gasteiger partial charge on any atom is -0.345 e. The molecule has 1 aromatic heterocycles. The third kappa shape index (κ3) is 9.89. The summed E-state index contributed by atoms with van der Waals surface area (Å²) in [6.07, 6.45) is 12.0. The number of aromatic nitrogens is 2. The largest absolute Gasteiger partial charge is 0.345 e. The number of hydrogen-bond acceptors (Lipinski definition) is 8. The molecule has 54 heavy (non-hydrogen) atoms. The fraction of sp³-hybridized carbons (Fsp3) is 0.610. The Hall–Kier alpha value is -4.68. The molecule has 0 radical (unpaired) electrons. The Bertz CT molecular complexity index is 1650. The van der Waals surface area contributed by atoms with Crippen molar-refractivity contribution >= 4 is 35.3 Å². The second kappa shape index (κ2) is 18.1. The van der Waals surface area contributed by atoms with Crippen LogP contribution in [0.15, 0.2) is 42.9 Å². The quantitative estimate of drug-likeness (QED) is 0.211. The number of Topliss-reactive ketones (excluding diaryl/α,β-unsaturated/α-hetero) is 1. The fourth-order valence-corrected chi connectivity index (χ4v) is 8.36. The number of carbonyl (C=O) groups excluding carboxylic acids is 6. The van der Waals surface area contributed by atoms with Crippen LogP contribution in [0.25, 0.3) is 0 Å². The van der Waals surface area contributed by atoms with E-state index in [-0.39, 0.29) is 42.3 Å². The molecule has 13 nitrogen and oxygen atoms in total. The van der Waals surface area contributed by atoms with Gasteiger partial charge in [-0.2, -0.15) is 0 Å². The highest BCUT2D eigenvalue weighted by atomic mass is 16.2. The molecule has 0 bridgehead atoms. The van der Waals surface area contributed by atoms with Gasteiger partial charge in [-0.1, -0.05) is 89.6 Å². The summed E-state index contributed by atoms with van der Waals surface area (Å²) in [4.78, 5) is 92.5. The molecule has 5 rings (SSSR count). The van der Waals surface area contributed by atoms with E-state index in [2.05, 4.69) is 31.2 Å². The number of aryl methyl sites for hydroxylation is 1. The Morgan fingerprint density at radius 2 is 1.61 bits per heavy atom. The number of fused-ring (bicyclic) bond motifs is 1. The lowest BCUT2D eigenvalue weighted by molar-refractivity contribution is -0.146. The molecule has 2 heterocycles. The van der Waals surface area contributed by atoms with Crippen LogP contribution in [0.4, 0.5) is 0 Å². The Morgan fingerprint density at radius 1 is 0.889 bits per heavy atom. The predicted octanol–water partition coefficient (Wildman–Crippen LogP) is 3.79. The first-order valence-corrected chi connectivity index (χ1v) is 19.6. The SMILES string of the molecule is CCC[C@@H](NC(=O)[C@@H]1C2CCCC2CN1C(=O)[C@@H](NC(=O)[C@H](NC(=O)c1cnccn1)C1CCCCC1)C(C)(C)C)C(=O)C(=O)NCc1ccc(C)cc1. The lowest BCUT2D eigenvalue weighted by atomic mass is 9.82. The summed E-state index contributed by atoms with van der Waals surface area (Å²) in [6, 6.07) is 3.80. The second-order valence-electron chi connectivity index (χ2n) is 16.4. The summed E-state index contributed by atoms with van der Waals surface area (Å²) in [5.41, 5.74) is 1.27. The third-order valence-electron chi connectivity index (χ3n) is 11.3. The molecular weight excluding hydrogens is 686 g/mol. The number of likely N-dealkylation sites (tertiary alicyclic amines) is 1. The standard InChI is InChI=1S/C41H57N7O6/c1-6-11-30(34(49)39(53)44-22-26-18-16-25(2)17-19-26)45-38(52)33-29-15-10-14-28(29)24-48(33)40(54)35(41(3,4)5)47-37(51)32(27-12-8-7-9-13-27)46-36(50)31-23-42-20-21-43-31/h16-21,23,27-30,32-33,35H,6-15,22,24H2,1-5H3,(H,44,53)(H,45,52)(H,46,50)(H,47,51)/t28?,29?,30-,32-,33+,35-/m1/s1. The Morgan fingerprint density at radius 3 is 2.26 bits per heavy atom. The predicted molar refractivity (Wildman–Crippen MR) is 202 cm³/mol. The summed E-state index contributed by atoms with van der Waals surface area (Å²) >= 11 is 0. The van der Waals surface area contributed by atoms with E-state index in [1.54, 1.807) is 4.90 Å². The topological polar surface area (TPSA) is 180 Å². The number of amides is 5. The molecule has 13 heteroatoms. The van der Waals surface area contributed by atoms with E-state index < -0.39 is 59.0 Å². The number of nitrogens with one attached hydrogen (secondary N) is 4. The lowest BCUT2D eigenvalue weighted by Gasteiger charge is -2.38. The molecule has 6 atom stereocenters. The van der Waals surface area contributed by atoms with Gasteiger partial charge < -0.3 is 26.2 Å². The molecule has 2 aliphatic carbocycles. The lowest BCUT2D eigenvalue weighted by Crippen LogP contribution is -2.62. The van der Waals surface area contributed by atoms with E-state index in [0.29, 0.717) is 13.0 Å². The van der Waals surface area contributed by atoms with Gasteiger partial charge in [0.1, 0.15) is 23.8 Å². The Labute approximate surface area is 318 Å². The summed E-state index contributed by atoms with van der Waals surface area (Å²) in [6.45, 7) is 9.96. The molecule has 1 aliphatic heterocycles. The van der Waals surface area contributed by atoms with E-state index in [1.807, 2.05) is 58.9 Å². The maximum Gasteiger partial charge on any atom is 0.289 e. The highest BCUT2D eigenvalue weighted by Crippen LogP contribution is 2.43. The van der Waals surface area contributed by atoms with Crippen molar-refractivity contribution in [3.63, 3.8) is 0 Å². The molecule has 2 aromatic rings. The van der Waals surface area contributed by atoms with E-state index in [0.717, 1.165) is 62.5 Å². The Balaban J connectivity index is 1.33. The molecule has 292 valence electrons. The van der Waals surface area contributed by atoms with E-state index in [1.165, 1.54) is 18.6 Å². The maximum atomic E-state index is 14.7. The van der Waals surface area contributed by atoms with Gasteiger partial charge in [0.2, 0.25) is 23.5 Å². The summed E-state index contributed by atoms with van der Waals surface area (Å²) in [5, 5.41) is 11.5. The number of nitrogens with zero attached hydrogens (tertiary/aromatic N) is 3. The van der Waals surface area contributed by atoms with E-state index in [4.69, 9.17) is 0 Å². The molecule has 1 aromatic carbocycles. The van der Waals surface area contributed by atoms with Crippen LogP contribution < -0.4 is 21.3 Å². The summed E-state index contributed by atoms with van der Waals surface area (Å²) < 4.78 is 0. The van der Waals surface area contributed by atoms with Gasteiger partial charge in [0.05, 0.1) is 12.2 Å². The first-order valence-electron chi connectivity index (χ1n) is 19.6. The minimum absolute atomic E-state index is 0.0932. The molecule has 5 amide bonds.